The van der Waals surface area contributed by atoms with Gasteiger partial charge in [-0.3, -0.25) is 19.4 Å². The van der Waals surface area contributed by atoms with E-state index in [1.54, 1.807) is 0 Å². The zero-order valence-corrected chi connectivity index (χ0v) is 26.1. The molecule has 0 unspecified atom stereocenters. The van der Waals surface area contributed by atoms with Crippen molar-refractivity contribution in [1.29, 1.82) is 0 Å². The first kappa shape index (κ1) is 33.0. The normalized spacial score (nSPS) is 16.3. The number of carbonyl (C=O) groups excluding carboxylic acids is 4. The van der Waals surface area contributed by atoms with Crippen molar-refractivity contribution in [3.8, 4) is 11.1 Å². The van der Waals surface area contributed by atoms with Crippen molar-refractivity contribution in [3.05, 3.63) is 95.6 Å². The van der Waals surface area contributed by atoms with E-state index in [0.29, 0.717) is 25.8 Å². The number of nitrogens with zero attached hydrogens (tertiary/aromatic N) is 2. The van der Waals surface area contributed by atoms with E-state index in [2.05, 4.69) is 27.8 Å². The molecule has 3 aromatic carbocycles. The number of rotatable bonds is 13. The maximum Gasteiger partial charge on any atom is 0.407 e. The molecule has 5 rings (SSSR count). The first-order valence-electron chi connectivity index (χ1n) is 15.8. The third kappa shape index (κ3) is 8.07. The fraction of sp³-hybridized carbons (Fsp3) is 0.343. The Balaban J connectivity index is 1.26. The Morgan fingerprint density at radius 3 is 2.13 bits per heavy atom. The molecule has 0 aromatic heterocycles. The minimum absolute atomic E-state index is 0.0680. The van der Waals surface area contributed by atoms with Crippen LogP contribution in [0, 0.1) is 0 Å². The molecule has 47 heavy (non-hydrogen) atoms. The Morgan fingerprint density at radius 1 is 0.851 bits per heavy atom. The Labute approximate surface area is 273 Å². The van der Waals surface area contributed by atoms with Crippen LogP contribution in [0.4, 0.5) is 4.79 Å². The first-order chi connectivity index (χ1) is 22.7. The zero-order chi connectivity index (χ0) is 33.3. The van der Waals surface area contributed by atoms with Crippen LogP contribution in [0.3, 0.4) is 0 Å². The standard InChI is InChI=1S/C35H41N7O5/c36-31(43)28(16-8-18-39-34(37)38)40-32(44)30-17-9-19-42(30)33(45)29(20-22-10-2-1-3-11-22)41-35(46)47-21-27-25-14-6-4-12-23(25)24-13-5-7-15-26(24)27/h1-7,10-15,27-30H,8-9,16-21H2,(H2,36,43)(H,40,44)(H,41,46)(H4,37,38,39)/t28-,29+,30-/m0/s1. The third-order valence-electron chi connectivity index (χ3n) is 8.66. The third-order valence-corrected chi connectivity index (χ3v) is 8.66. The van der Waals surface area contributed by atoms with E-state index < -0.39 is 41.9 Å². The summed E-state index contributed by atoms with van der Waals surface area (Å²) in [6.45, 7) is 0.692. The van der Waals surface area contributed by atoms with Gasteiger partial charge in [0, 0.05) is 25.4 Å². The lowest BCUT2D eigenvalue weighted by molar-refractivity contribution is -0.140. The predicted octanol–water partition coefficient (Wildman–Crippen LogP) is 2.15. The average molecular weight is 640 g/mol. The van der Waals surface area contributed by atoms with Crippen molar-refractivity contribution in [2.45, 2.75) is 56.1 Å². The van der Waals surface area contributed by atoms with Gasteiger partial charge in [0.05, 0.1) is 0 Å². The maximum atomic E-state index is 14.0. The topological polar surface area (TPSA) is 195 Å². The summed E-state index contributed by atoms with van der Waals surface area (Å²) in [6.07, 6.45) is 1.11. The van der Waals surface area contributed by atoms with Gasteiger partial charge in [-0.15, -0.1) is 0 Å². The van der Waals surface area contributed by atoms with Gasteiger partial charge in [-0.1, -0.05) is 78.9 Å². The molecular formula is C35H41N7O5. The van der Waals surface area contributed by atoms with Crippen molar-refractivity contribution < 1.29 is 23.9 Å². The number of benzene rings is 3. The fourth-order valence-corrected chi connectivity index (χ4v) is 6.39. The number of guanidine groups is 1. The number of likely N-dealkylation sites (tertiary alicyclic amines) is 1. The van der Waals surface area contributed by atoms with Crippen LogP contribution < -0.4 is 27.8 Å². The number of alkyl carbamates (subject to hydrolysis) is 1. The predicted molar refractivity (Wildman–Crippen MR) is 178 cm³/mol. The molecule has 1 aliphatic heterocycles. The molecule has 12 nitrogen and oxygen atoms in total. The molecule has 0 spiro atoms. The molecule has 3 atom stereocenters. The molecular weight excluding hydrogens is 598 g/mol. The van der Waals surface area contributed by atoms with Crippen molar-refractivity contribution in [2.75, 3.05) is 19.7 Å². The summed E-state index contributed by atoms with van der Waals surface area (Å²) in [5, 5.41) is 5.48. The highest BCUT2D eigenvalue weighted by molar-refractivity contribution is 5.94. The smallest absolute Gasteiger partial charge is 0.407 e. The summed E-state index contributed by atoms with van der Waals surface area (Å²) in [7, 11) is 0. The van der Waals surface area contributed by atoms with Crippen molar-refractivity contribution >= 4 is 29.8 Å². The number of nitrogens with one attached hydrogen (secondary N) is 2. The molecule has 8 N–H and O–H groups in total. The van der Waals surface area contributed by atoms with E-state index in [1.165, 1.54) is 4.90 Å². The highest BCUT2D eigenvalue weighted by Crippen LogP contribution is 2.44. The van der Waals surface area contributed by atoms with E-state index in [-0.39, 0.29) is 37.9 Å². The lowest BCUT2D eigenvalue weighted by Gasteiger charge is -2.29. The van der Waals surface area contributed by atoms with E-state index >= 15 is 0 Å². The molecule has 1 aliphatic carbocycles. The zero-order valence-electron chi connectivity index (χ0n) is 26.1. The maximum absolute atomic E-state index is 14.0. The van der Waals surface area contributed by atoms with Crippen LogP contribution in [0.1, 0.15) is 48.3 Å². The van der Waals surface area contributed by atoms with Crippen LogP contribution in [0.2, 0.25) is 0 Å². The SMILES string of the molecule is NC(=O)[C@H](CCCN=C(N)N)NC(=O)[C@@H]1CCCN1C(=O)[C@@H](Cc1ccccc1)NC(=O)OCC1c2ccccc2-c2ccccc21. The van der Waals surface area contributed by atoms with Gasteiger partial charge in [-0.25, -0.2) is 4.79 Å². The summed E-state index contributed by atoms with van der Waals surface area (Å²) in [6, 6.07) is 22.6. The number of hydrogen-bond donors (Lipinski definition) is 5. The number of aliphatic imine (C=N–C) groups is 1. The number of hydrogen-bond acceptors (Lipinski definition) is 6. The summed E-state index contributed by atoms with van der Waals surface area (Å²) in [5.74, 6) is -1.80. The van der Waals surface area contributed by atoms with Gasteiger partial charge in [0.2, 0.25) is 17.7 Å². The second-order valence-electron chi connectivity index (χ2n) is 11.8. The van der Waals surface area contributed by atoms with Crippen molar-refractivity contribution in [1.82, 2.24) is 15.5 Å². The molecule has 2 aliphatic rings. The van der Waals surface area contributed by atoms with Crippen LogP contribution >= 0.6 is 0 Å². The van der Waals surface area contributed by atoms with E-state index in [9.17, 15) is 19.2 Å². The van der Waals surface area contributed by atoms with Gasteiger partial charge in [-0.2, -0.15) is 0 Å². The minimum Gasteiger partial charge on any atom is -0.449 e. The largest absolute Gasteiger partial charge is 0.449 e. The molecule has 0 saturated carbocycles. The molecule has 1 saturated heterocycles. The second-order valence-corrected chi connectivity index (χ2v) is 11.8. The molecule has 4 amide bonds. The van der Waals surface area contributed by atoms with E-state index in [0.717, 1.165) is 27.8 Å². The second kappa shape index (κ2) is 15.3. The molecule has 0 radical (unpaired) electrons. The van der Waals surface area contributed by atoms with Gasteiger partial charge in [0.1, 0.15) is 24.7 Å². The number of ether oxygens (including phenoxy) is 1. The number of fused-ring (bicyclic) bond motifs is 3. The Kier molecular flexibility index (Phi) is 10.7. The van der Waals surface area contributed by atoms with Gasteiger partial charge in [0.15, 0.2) is 5.96 Å². The molecule has 3 aromatic rings. The molecule has 1 heterocycles. The van der Waals surface area contributed by atoms with Crippen LogP contribution in [-0.2, 0) is 25.5 Å². The fourth-order valence-electron chi connectivity index (χ4n) is 6.39. The lowest BCUT2D eigenvalue weighted by Crippen LogP contribution is -2.56. The molecule has 1 fully saturated rings. The van der Waals surface area contributed by atoms with Crippen LogP contribution in [-0.4, -0.2) is 72.5 Å². The lowest BCUT2D eigenvalue weighted by atomic mass is 9.98. The average Bonchev–Trinajstić information content (AvgIpc) is 3.68. The number of primary amides is 1. The molecule has 12 heteroatoms. The highest BCUT2D eigenvalue weighted by Gasteiger charge is 2.39. The van der Waals surface area contributed by atoms with Gasteiger partial charge in [0.25, 0.3) is 0 Å². The Hall–Kier alpha value is -5.39. The number of carbonyl (C=O) groups is 4. The summed E-state index contributed by atoms with van der Waals surface area (Å²) in [4.78, 5) is 58.1. The molecule has 0 bridgehead atoms. The first-order valence-corrected chi connectivity index (χ1v) is 15.8. The molecule has 246 valence electrons. The van der Waals surface area contributed by atoms with Gasteiger partial charge in [-0.05, 0) is 53.5 Å². The number of nitrogens with two attached hydrogens (primary N) is 3. The summed E-state index contributed by atoms with van der Waals surface area (Å²) < 4.78 is 5.76. The Morgan fingerprint density at radius 2 is 1.49 bits per heavy atom. The van der Waals surface area contributed by atoms with Crippen molar-refractivity contribution in [3.63, 3.8) is 0 Å². The highest BCUT2D eigenvalue weighted by atomic mass is 16.5. The van der Waals surface area contributed by atoms with Crippen molar-refractivity contribution in [2.24, 2.45) is 22.2 Å². The van der Waals surface area contributed by atoms with Gasteiger partial charge < -0.3 is 37.5 Å². The monoisotopic (exact) mass is 639 g/mol. The Bertz CT molecular complexity index is 1580. The summed E-state index contributed by atoms with van der Waals surface area (Å²) in [5.41, 5.74) is 21.5. The number of amides is 4. The van der Waals surface area contributed by atoms with E-state index in [4.69, 9.17) is 21.9 Å². The minimum atomic E-state index is -0.993. The van der Waals surface area contributed by atoms with Gasteiger partial charge >= 0.3 is 6.09 Å². The van der Waals surface area contributed by atoms with E-state index in [1.807, 2.05) is 66.7 Å². The quantitative estimate of drug-likeness (QED) is 0.107. The van der Waals surface area contributed by atoms with Crippen LogP contribution in [0.5, 0.6) is 0 Å². The van der Waals surface area contributed by atoms with Crippen LogP contribution in [0.25, 0.3) is 11.1 Å². The van der Waals surface area contributed by atoms with Crippen LogP contribution in [0.15, 0.2) is 83.9 Å². The summed E-state index contributed by atoms with van der Waals surface area (Å²) >= 11 is 0.